The van der Waals surface area contributed by atoms with Gasteiger partial charge in [0.05, 0.1) is 25.4 Å². The number of rotatable bonds is 4. The summed E-state index contributed by atoms with van der Waals surface area (Å²) in [7, 11) is 0. The molecule has 1 aliphatic rings. The number of nitriles is 1. The van der Waals surface area contributed by atoms with Crippen molar-refractivity contribution < 1.29 is 19.4 Å². The number of aliphatic hydroxyl groups is 1. The maximum atomic E-state index is 11.8. The van der Waals surface area contributed by atoms with E-state index in [0.717, 1.165) is 5.56 Å². The number of ether oxygens (including phenoxy) is 2. The number of carbonyl (C=O) groups is 1. The fraction of sp³-hybridized carbons (Fsp3) is 0.467. The van der Waals surface area contributed by atoms with E-state index in [2.05, 4.69) is 11.4 Å². The van der Waals surface area contributed by atoms with E-state index in [1.54, 1.807) is 0 Å². The monoisotopic (exact) mass is 290 g/mol. The van der Waals surface area contributed by atoms with Gasteiger partial charge in [0.15, 0.2) is 5.54 Å². The predicted molar refractivity (Wildman–Crippen MR) is 74.2 cm³/mol. The third kappa shape index (κ3) is 4.18. The van der Waals surface area contributed by atoms with E-state index in [4.69, 9.17) is 14.6 Å². The first-order chi connectivity index (χ1) is 10.2. The highest BCUT2D eigenvalue weighted by Gasteiger charge is 2.38. The van der Waals surface area contributed by atoms with Gasteiger partial charge >= 0.3 is 6.09 Å². The summed E-state index contributed by atoms with van der Waals surface area (Å²) < 4.78 is 10.5. The summed E-state index contributed by atoms with van der Waals surface area (Å²) in [6.45, 7) is 0.115. The minimum absolute atomic E-state index is 0.0508. The lowest BCUT2D eigenvalue weighted by Crippen LogP contribution is -2.54. The number of hydrogen-bond acceptors (Lipinski definition) is 5. The summed E-state index contributed by atoms with van der Waals surface area (Å²) in [6.07, 6.45) is 0.0260. The molecule has 6 heteroatoms. The van der Waals surface area contributed by atoms with Gasteiger partial charge in [-0.15, -0.1) is 0 Å². The molecular formula is C15H18N2O4. The van der Waals surface area contributed by atoms with Crippen molar-refractivity contribution in [3.8, 4) is 6.07 Å². The van der Waals surface area contributed by atoms with Gasteiger partial charge in [0.25, 0.3) is 0 Å². The van der Waals surface area contributed by atoms with Crippen molar-refractivity contribution >= 4 is 6.09 Å². The van der Waals surface area contributed by atoms with Crippen molar-refractivity contribution in [2.75, 3.05) is 13.2 Å². The van der Waals surface area contributed by atoms with Crippen LogP contribution in [0.2, 0.25) is 0 Å². The molecule has 0 radical (unpaired) electrons. The molecule has 2 N–H and O–H groups in total. The molecule has 1 fully saturated rings. The van der Waals surface area contributed by atoms with E-state index in [9.17, 15) is 10.1 Å². The third-order valence-corrected chi connectivity index (χ3v) is 3.43. The van der Waals surface area contributed by atoms with Gasteiger partial charge in [-0.3, -0.25) is 0 Å². The van der Waals surface area contributed by atoms with Crippen LogP contribution in [0.3, 0.4) is 0 Å². The Bertz CT molecular complexity index is 504. The summed E-state index contributed by atoms with van der Waals surface area (Å²) >= 11 is 0. The zero-order valence-electron chi connectivity index (χ0n) is 11.6. The number of nitrogens with zero attached hydrogens (tertiary/aromatic N) is 1. The van der Waals surface area contributed by atoms with Crippen molar-refractivity contribution in [1.29, 1.82) is 5.26 Å². The summed E-state index contributed by atoms with van der Waals surface area (Å²) in [4.78, 5) is 11.8. The maximum Gasteiger partial charge on any atom is 0.408 e. The predicted octanol–water partition coefficient (Wildman–Crippen LogP) is 1.35. The fourth-order valence-corrected chi connectivity index (χ4v) is 2.14. The van der Waals surface area contributed by atoms with E-state index in [1.807, 2.05) is 30.3 Å². The standard InChI is InChI=1S/C15H18N2O4/c16-10-15(7-6-13(8-18)21-11-15)17-14(19)20-9-12-4-2-1-3-5-12/h1-5,13,18H,6-9,11H2,(H,17,19). The van der Waals surface area contributed by atoms with E-state index < -0.39 is 11.6 Å². The number of aliphatic hydroxyl groups excluding tert-OH is 1. The average Bonchev–Trinajstić information content (AvgIpc) is 2.54. The molecule has 1 saturated heterocycles. The van der Waals surface area contributed by atoms with Crippen molar-refractivity contribution in [2.45, 2.75) is 31.1 Å². The van der Waals surface area contributed by atoms with Crippen LogP contribution in [0.15, 0.2) is 30.3 Å². The minimum atomic E-state index is -1.08. The number of carbonyl (C=O) groups excluding carboxylic acids is 1. The van der Waals surface area contributed by atoms with E-state index in [-0.39, 0.29) is 25.9 Å². The Morgan fingerprint density at radius 3 is 2.86 bits per heavy atom. The van der Waals surface area contributed by atoms with E-state index >= 15 is 0 Å². The van der Waals surface area contributed by atoms with Crippen LogP contribution in [-0.4, -0.2) is 36.1 Å². The number of amides is 1. The molecule has 1 aromatic carbocycles. The molecular weight excluding hydrogens is 272 g/mol. The zero-order valence-corrected chi connectivity index (χ0v) is 11.6. The second-order valence-corrected chi connectivity index (χ2v) is 5.03. The minimum Gasteiger partial charge on any atom is -0.445 e. The lowest BCUT2D eigenvalue weighted by atomic mass is 9.92. The third-order valence-electron chi connectivity index (χ3n) is 3.43. The molecule has 1 amide bonds. The molecule has 1 heterocycles. The molecule has 1 aliphatic heterocycles. The Labute approximate surface area is 123 Å². The first-order valence-corrected chi connectivity index (χ1v) is 6.80. The summed E-state index contributed by atoms with van der Waals surface area (Å²) in [5, 5.41) is 20.8. The Hall–Kier alpha value is -2.10. The normalized spacial score (nSPS) is 24.9. The molecule has 2 rings (SSSR count). The van der Waals surface area contributed by atoms with Crippen LogP contribution in [0.4, 0.5) is 4.79 Å². The molecule has 1 aromatic rings. The Kier molecular flexibility index (Phi) is 5.14. The Morgan fingerprint density at radius 1 is 1.52 bits per heavy atom. The van der Waals surface area contributed by atoms with Crippen LogP contribution in [-0.2, 0) is 16.1 Å². The lowest BCUT2D eigenvalue weighted by molar-refractivity contribution is -0.0470. The quantitative estimate of drug-likeness (QED) is 0.873. The Morgan fingerprint density at radius 2 is 2.29 bits per heavy atom. The molecule has 0 aliphatic carbocycles. The summed E-state index contributed by atoms with van der Waals surface area (Å²) in [6, 6.07) is 11.4. The molecule has 0 bridgehead atoms. The van der Waals surface area contributed by atoms with Crippen LogP contribution < -0.4 is 5.32 Å². The highest BCUT2D eigenvalue weighted by atomic mass is 16.5. The highest BCUT2D eigenvalue weighted by Crippen LogP contribution is 2.22. The van der Waals surface area contributed by atoms with E-state index in [1.165, 1.54) is 0 Å². The first kappa shape index (κ1) is 15.3. The van der Waals surface area contributed by atoms with Crippen LogP contribution >= 0.6 is 0 Å². The maximum absolute atomic E-state index is 11.8. The van der Waals surface area contributed by atoms with Crippen molar-refractivity contribution in [3.63, 3.8) is 0 Å². The van der Waals surface area contributed by atoms with Crippen LogP contribution in [0.25, 0.3) is 0 Å². The van der Waals surface area contributed by atoms with Crippen LogP contribution in [0.1, 0.15) is 18.4 Å². The molecule has 21 heavy (non-hydrogen) atoms. The second kappa shape index (κ2) is 7.07. The van der Waals surface area contributed by atoms with Crippen molar-refractivity contribution in [1.82, 2.24) is 5.32 Å². The van der Waals surface area contributed by atoms with E-state index in [0.29, 0.717) is 12.8 Å². The number of benzene rings is 1. The van der Waals surface area contributed by atoms with Gasteiger partial charge in [-0.05, 0) is 18.4 Å². The van der Waals surface area contributed by atoms with Gasteiger partial charge in [-0.2, -0.15) is 5.26 Å². The molecule has 0 saturated carbocycles. The largest absolute Gasteiger partial charge is 0.445 e. The molecule has 2 atom stereocenters. The average molecular weight is 290 g/mol. The second-order valence-electron chi connectivity index (χ2n) is 5.03. The molecule has 0 spiro atoms. The fourth-order valence-electron chi connectivity index (χ4n) is 2.14. The summed E-state index contributed by atoms with van der Waals surface area (Å²) in [5.41, 5.74) is -0.210. The summed E-state index contributed by atoms with van der Waals surface area (Å²) in [5.74, 6) is 0. The van der Waals surface area contributed by atoms with Gasteiger partial charge in [0.2, 0.25) is 0 Å². The topological polar surface area (TPSA) is 91.6 Å². The van der Waals surface area contributed by atoms with Crippen molar-refractivity contribution in [2.24, 2.45) is 0 Å². The number of nitrogens with one attached hydrogen (secondary N) is 1. The van der Waals surface area contributed by atoms with Crippen LogP contribution in [0.5, 0.6) is 0 Å². The lowest BCUT2D eigenvalue weighted by Gasteiger charge is -2.34. The molecule has 0 aromatic heterocycles. The SMILES string of the molecule is N#CC1(NC(=O)OCc2ccccc2)CCC(CO)OC1. The van der Waals surface area contributed by atoms with Crippen LogP contribution in [0, 0.1) is 11.3 Å². The molecule has 2 unspecified atom stereocenters. The first-order valence-electron chi connectivity index (χ1n) is 6.80. The van der Waals surface area contributed by atoms with Gasteiger partial charge in [0, 0.05) is 0 Å². The van der Waals surface area contributed by atoms with Gasteiger partial charge in [-0.1, -0.05) is 30.3 Å². The zero-order chi connectivity index (χ0) is 15.1. The Balaban J connectivity index is 1.85. The van der Waals surface area contributed by atoms with Gasteiger partial charge < -0.3 is 19.9 Å². The smallest absolute Gasteiger partial charge is 0.408 e. The molecule has 6 nitrogen and oxygen atoms in total. The van der Waals surface area contributed by atoms with Crippen molar-refractivity contribution in [3.05, 3.63) is 35.9 Å². The molecule has 112 valence electrons. The number of alkyl carbamates (subject to hydrolysis) is 1. The van der Waals surface area contributed by atoms with Gasteiger partial charge in [0.1, 0.15) is 6.61 Å². The number of hydrogen-bond donors (Lipinski definition) is 2. The van der Waals surface area contributed by atoms with Gasteiger partial charge in [-0.25, -0.2) is 4.79 Å². The highest BCUT2D eigenvalue weighted by molar-refractivity contribution is 5.69.